The van der Waals surface area contributed by atoms with Crippen molar-refractivity contribution in [2.75, 3.05) is 39.4 Å². The third-order valence-corrected chi connectivity index (χ3v) is 5.61. The number of benzene rings is 1. The van der Waals surface area contributed by atoms with E-state index in [4.69, 9.17) is 14.5 Å². The van der Waals surface area contributed by atoms with Gasteiger partial charge in [0.2, 0.25) is 0 Å². The quantitative estimate of drug-likeness (QED) is 0.376. The zero-order valence-corrected chi connectivity index (χ0v) is 17.4. The van der Waals surface area contributed by atoms with Gasteiger partial charge in [0.05, 0.1) is 19.3 Å². The molecule has 1 heterocycles. The summed E-state index contributed by atoms with van der Waals surface area (Å²) >= 11 is 0. The van der Waals surface area contributed by atoms with Gasteiger partial charge < -0.3 is 19.7 Å². The highest BCUT2D eigenvalue weighted by Crippen LogP contribution is 2.21. The van der Waals surface area contributed by atoms with Crippen LogP contribution < -0.4 is 5.32 Å². The fourth-order valence-electron chi connectivity index (χ4n) is 4.06. The molecule has 1 saturated heterocycles. The van der Waals surface area contributed by atoms with E-state index in [1.54, 1.807) is 0 Å². The van der Waals surface area contributed by atoms with Gasteiger partial charge in [-0.1, -0.05) is 43.2 Å². The van der Waals surface area contributed by atoms with Crippen molar-refractivity contribution in [3.8, 4) is 0 Å². The third kappa shape index (κ3) is 7.10. The Hall–Kier alpha value is -1.59. The highest BCUT2D eigenvalue weighted by atomic mass is 16.5. The van der Waals surface area contributed by atoms with Gasteiger partial charge in [0.25, 0.3) is 0 Å². The normalized spacial score (nSPS) is 20.8. The Bertz CT molecular complexity index is 572. The second-order valence-electron chi connectivity index (χ2n) is 7.97. The van der Waals surface area contributed by atoms with Gasteiger partial charge in [-0.15, -0.1) is 0 Å². The topological polar surface area (TPSA) is 46.1 Å². The zero-order chi connectivity index (χ0) is 19.4. The summed E-state index contributed by atoms with van der Waals surface area (Å²) in [4.78, 5) is 7.22. The van der Waals surface area contributed by atoms with E-state index in [1.807, 2.05) is 6.07 Å². The molecular formula is C23H37N3O2. The van der Waals surface area contributed by atoms with Crippen LogP contribution >= 0.6 is 0 Å². The molecule has 1 aromatic carbocycles. The van der Waals surface area contributed by atoms with Crippen LogP contribution in [-0.4, -0.2) is 56.4 Å². The van der Waals surface area contributed by atoms with E-state index in [9.17, 15) is 0 Å². The average Bonchev–Trinajstić information content (AvgIpc) is 3.40. The van der Waals surface area contributed by atoms with Crippen LogP contribution in [0.25, 0.3) is 0 Å². The average molecular weight is 388 g/mol. The molecule has 5 heteroatoms. The van der Waals surface area contributed by atoms with Gasteiger partial charge in [0.15, 0.2) is 5.96 Å². The van der Waals surface area contributed by atoms with Crippen molar-refractivity contribution in [3.05, 3.63) is 35.9 Å². The number of ether oxygens (including phenoxy) is 2. The first-order chi connectivity index (χ1) is 13.8. The van der Waals surface area contributed by atoms with Crippen LogP contribution in [0.3, 0.4) is 0 Å². The van der Waals surface area contributed by atoms with Crippen molar-refractivity contribution < 1.29 is 9.47 Å². The van der Waals surface area contributed by atoms with Crippen LogP contribution in [0, 0.1) is 5.92 Å². The number of nitrogens with one attached hydrogen (secondary N) is 1. The van der Waals surface area contributed by atoms with Crippen LogP contribution in [0.5, 0.6) is 0 Å². The maximum atomic E-state index is 5.95. The zero-order valence-electron chi connectivity index (χ0n) is 17.4. The van der Waals surface area contributed by atoms with Gasteiger partial charge in [-0.2, -0.15) is 0 Å². The molecule has 0 aromatic heterocycles. The Morgan fingerprint density at radius 3 is 2.79 bits per heavy atom. The Kier molecular flexibility index (Phi) is 9.11. The predicted octanol–water partition coefficient (Wildman–Crippen LogP) is 3.84. The molecule has 1 unspecified atom stereocenters. The number of aliphatic imine (C=N–C) groups is 1. The molecule has 1 atom stereocenters. The molecule has 1 aromatic rings. The number of nitrogens with zero attached hydrogens (tertiary/aromatic N) is 2. The minimum Gasteiger partial charge on any atom is -0.378 e. The lowest BCUT2D eigenvalue weighted by Crippen LogP contribution is -2.40. The van der Waals surface area contributed by atoms with E-state index in [0.717, 1.165) is 51.8 Å². The molecule has 2 fully saturated rings. The lowest BCUT2D eigenvalue weighted by molar-refractivity contribution is 0.0579. The summed E-state index contributed by atoms with van der Waals surface area (Å²) in [6.07, 6.45) is 7.83. The van der Waals surface area contributed by atoms with Gasteiger partial charge in [-0.05, 0) is 38.2 Å². The SMILES string of the molecule is CCNC(=NCCCOC1CCCC1)N1CCC(COCc2ccccc2)C1. The van der Waals surface area contributed by atoms with Crippen molar-refractivity contribution in [2.24, 2.45) is 10.9 Å². The molecule has 0 amide bonds. The lowest BCUT2D eigenvalue weighted by Gasteiger charge is -2.22. The van der Waals surface area contributed by atoms with E-state index in [2.05, 4.69) is 41.4 Å². The summed E-state index contributed by atoms with van der Waals surface area (Å²) in [6.45, 7) is 8.32. The summed E-state index contributed by atoms with van der Waals surface area (Å²) in [7, 11) is 0. The Morgan fingerprint density at radius 1 is 1.18 bits per heavy atom. The van der Waals surface area contributed by atoms with E-state index >= 15 is 0 Å². The molecule has 28 heavy (non-hydrogen) atoms. The molecule has 3 rings (SSSR count). The molecule has 1 aliphatic carbocycles. The number of hydrogen-bond donors (Lipinski definition) is 1. The van der Waals surface area contributed by atoms with Gasteiger partial charge in [-0.25, -0.2) is 0 Å². The minimum absolute atomic E-state index is 0.507. The van der Waals surface area contributed by atoms with Crippen molar-refractivity contribution >= 4 is 5.96 Å². The molecule has 156 valence electrons. The monoisotopic (exact) mass is 387 g/mol. The lowest BCUT2D eigenvalue weighted by atomic mass is 10.1. The summed E-state index contributed by atoms with van der Waals surface area (Å²) in [5.74, 6) is 1.63. The Labute approximate surface area is 170 Å². The van der Waals surface area contributed by atoms with Crippen molar-refractivity contribution in [1.29, 1.82) is 0 Å². The summed E-state index contributed by atoms with van der Waals surface area (Å²) in [6, 6.07) is 10.4. The second-order valence-corrected chi connectivity index (χ2v) is 7.97. The standard InChI is InChI=1S/C23H37N3O2/c1-2-24-23(25-14-8-16-28-22-11-6-7-12-22)26-15-13-21(17-26)19-27-18-20-9-4-3-5-10-20/h3-5,9-10,21-22H,2,6-8,11-19H2,1H3,(H,24,25). The van der Waals surface area contributed by atoms with Gasteiger partial charge in [-0.3, -0.25) is 4.99 Å². The number of guanidine groups is 1. The second kappa shape index (κ2) is 12.1. The summed E-state index contributed by atoms with van der Waals surface area (Å²) < 4.78 is 11.9. The largest absolute Gasteiger partial charge is 0.378 e. The molecule has 1 N–H and O–H groups in total. The summed E-state index contributed by atoms with van der Waals surface area (Å²) in [5.41, 5.74) is 1.24. The molecule has 0 radical (unpaired) electrons. The first-order valence-electron chi connectivity index (χ1n) is 11.1. The van der Waals surface area contributed by atoms with Crippen LogP contribution in [0.15, 0.2) is 35.3 Å². The number of hydrogen-bond acceptors (Lipinski definition) is 3. The first-order valence-corrected chi connectivity index (χ1v) is 11.1. The maximum absolute atomic E-state index is 5.95. The van der Waals surface area contributed by atoms with Crippen LogP contribution in [0.4, 0.5) is 0 Å². The van der Waals surface area contributed by atoms with E-state index in [0.29, 0.717) is 18.6 Å². The van der Waals surface area contributed by atoms with Gasteiger partial charge >= 0.3 is 0 Å². The molecule has 1 saturated carbocycles. The van der Waals surface area contributed by atoms with Gasteiger partial charge in [0, 0.05) is 38.7 Å². The van der Waals surface area contributed by atoms with E-state index in [1.165, 1.54) is 37.7 Å². The van der Waals surface area contributed by atoms with Crippen LogP contribution in [0.1, 0.15) is 51.0 Å². The molecule has 0 spiro atoms. The molecular weight excluding hydrogens is 350 g/mol. The minimum atomic E-state index is 0.507. The fourth-order valence-corrected chi connectivity index (χ4v) is 4.06. The van der Waals surface area contributed by atoms with Crippen LogP contribution in [0.2, 0.25) is 0 Å². The van der Waals surface area contributed by atoms with Crippen molar-refractivity contribution in [1.82, 2.24) is 10.2 Å². The summed E-state index contributed by atoms with van der Waals surface area (Å²) in [5, 5.41) is 3.45. The van der Waals surface area contributed by atoms with Crippen molar-refractivity contribution in [2.45, 2.75) is 58.2 Å². The molecule has 2 aliphatic rings. The number of rotatable bonds is 10. The van der Waals surface area contributed by atoms with Crippen molar-refractivity contribution in [3.63, 3.8) is 0 Å². The highest BCUT2D eigenvalue weighted by molar-refractivity contribution is 5.80. The van der Waals surface area contributed by atoms with Crippen LogP contribution in [-0.2, 0) is 16.1 Å². The molecule has 1 aliphatic heterocycles. The molecule has 5 nitrogen and oxygen atoms in total. The Morgan fingerprint density at radius 2 is 2.00 bits per heavy atom. The smallest absolute Gasteiger partial charge is 0.193 e. The molecule has 0 bridgehead atoms. The number of likely N-dealkylation sites (tertiary alicyclic amines) is 1. The predicted molar refractivity (Wildman–Crippen MR) is 115 cm³/mol. The third-order valence-electron chi connectivity index (χ3n) is 5.61. The highest BCUT2D eigenvalue weighted by Gasteiger charge is 2.25. The van der Waals surface area contributed by atoms with E-state index < -0.39 is 0 Å². The fraction of sp³-hybridized carbons (Fsp3) is 0.696. The first kappa shape index (κ1) is 21.1. The Balaban J connectivity index is 1.34. The van der Waals surface area contributed by atoms with E-state index in [-0.39, 0.29) is 0 Å². The maximum Gasteiger partial charge on any atom is 0.193 e. The van der Waals surface area contributed by atoms with Gasteiger partial charge in [0.1, 0.15) is 0 Å².